The maximum absolute atomic E-state index is 12.5. The Labute approximate surface area is 122 Å². The molecule has 1 aromatic rings. The molecule has 0 fully saturated rings. The van der Waals surface area contributed by atoms with Crippen molar-refractivity contribution in [3.63, 3.8) is 0 Å². The number of amides is 1. The minimum absolute atomic E-state index is 0.131. The van der Waals surface area contributed by atoms with Crippen molar-refractivity contribution in [1.82, 2.24) is 4.90 Å². The highest BCUT2D eigenvalue weighted by atomic mass is 32.2. The lowest BCUT2D eigenvalue weighted by atomic mass is 10.1. The van der Waals surface area contributed by atoms with E-state index < -0.39 is 5.97 Å². The van der Waals surface area contributed by atoms with Gasteiger partial charge in [0.25, 0.3) is 0 Å². The monoisotopic (exact) mass is 291 g/mol. The van der Waals surface area contributed by atoms with Crippen LogP contribution < -0.4 is 0 Å². The van der Waals surface area contributed by atoms with E-state index in [1.807, 2.05) is 49.6 Å². The highest BCUT2D eigenvalue weighted by Gasteiger charge is 2.34. The van der Waals surface area contributed by atoms with Crippen LogP contribution in [0.2, 0.25) is 0 Å². The molecule has 0 aromatic heterocycles. The SMILES string of the molecule is CC(C)[C@@H]1SC=C(c2ccccc2)N(CC(=O)O)C1=O. The fraction of sp³-hybridized carbons (Fsp3) is 0.333. The van der Waals surface area contributed by atoms with Gasteiger partial charge >= 0.3 is 5.97 Å². The Bertz CT molecular complexity index is 539. The van der Waals surface area contributed by atoms with E-state index in [4.69, 9.17) is 5.11 Å². The summed E-state index contributed by atoms with van der Waals surface area (Å²) in [7, 11) is 0. The summed E-state index contributed by atoms with van der Waals surface area (Å²) in [6.07, 6.45) is 0. The largest absolute Gasteiger partial charge is 0.480 e. The van der Waals surface area contributed by atoms with E-state index in [9.17, 15) is 9.59 Å². The van der Waals surface area contributed by atoms with Crippen LogP contribution in [0.3, 0.4) is 0 Å². The summed E-state index contributed by atoms with van der Waals surface area (Å²) in [4.78, 5) is 24.9. The van der Waals surface area contributed by atoms with Gasteiger partial charge < -0.3 is 5.11 Å². The number of hydrogen-bond donors (Lipinski definition) is 1. The van der Waals surface area contributed by atoms with E-state index in [1.165, 1.54) is 16.7 Å². The molecule has 1 heterocycles. The summed E-state index contributed by atoms with van der Waals surface area (Å²) in [5.74, 6) is -0.972. The minimum Gasteiger partial charge on any atom is -0.480 e. The number of benzene rings is 1. The van der Waals surface area contributed by atoms with Crippen LogP contribution in [0.4, 0.5) is 0 Å². The van der Waals surface area contributed by atoms with Gasteiger partial charge in [-0.1, -0.05) is 44.2 Å². The molecule has 0 aliphatic carbocycles. The fourth-order valence-electron chi connectivity index (χ4n) is 2.11. The summed E-state index contributed by atoms with van der Waals surface area (Å²) in [5, 5.41) is 10.7. The van der Waals surface area contributed by atoms with Crippen molar-refractivity contribution in [2.24, 2.45) is 5.92 Å². The summed E-state index contributed by atoms with van der Waals surface area (Å²) in [6, 6.07) is 9.40. The number of carbonyl (C=O) groups excluding carboxylic acids is 1. The Hall–Kier alpha value is -1.75. The molecule has 0 saturated carbocycles. The number of aliphatic carboxylic acids is 1. The topological polar surface area (TPSA) is 57.6 Å². The normalized spacial score (nSPS) is 19.1. The van der Waals surface area contributed by atoms with Crippen molar-refractivity contribution < 1.29 is 14.7 Å². The lowest BCUT2D eigenvalue weighted by molar-refractivity contribution is -0.142. The second-order valence-electron chi connectivity index (χ2n) is 4.99. The third-order valence-electron chi connectivity index (χ3n) is 3.09. The number of thioether (sulfide) groups is 1. The molecule has 1 N–H and O–H groups in total. The lowest BCUT2D eigenvalue weighted by Crippen LogP contribution is -2.43. The van der Waals surface area contributed by atoms with Crippen LogP contribution in [0.15, 0.2) is 35.7 Å². The molecule has 1 aromatic carbocycles. The molecule has 1 aliphatic rings. The maximum Gasteiger partial charge on any atom is 0.323 e. The van der Waals surface area contributed by atoms with Crippen LogP contribution in [-0.2, 0) is 9.59 Å². The third-order valence-corrected chi connectivity index (χ3v) is 4.49. The van der Waals surface area contributed by atoms with Gasteiger partial charge in [-0.2, -0.15) is 0 Å². The lowest BCUT2D eigenvalue weighted by Gasteiger charge is -2.33. The number of rotatable bonds is 4. The zero-order valence-corrected chi connectivity index (χ0v) is 12.3. The van der Waals surface area contributed by atoms with E-state index in [1.54, 1.807) is 0 Å². The number of carboxylic acids is 1. The Balaban J connectivity index is 2.38. The molecule has 2 rings (SSSR count). The summed E-state index contributed by atoms with van der Waals surface area (Å²) >= 11 is 1.47. The van der Waals surface area contributed by atoms with Crippen LogP contribution in [0, 0.1) is 5.92 Å². The van der Waals surface area contributed by atoms with Crippen LogP contribution in [0.5, 0.6) is 0 Å². The van der Waals surface area contributed by atoms with Gasteiger partial charge in [-0.25, -0.2) is 0 Å². The van der Waals surface area contributed by atoms with Crippen LogP contribution >= 0.6 is 11.8 Å². The van der Waals surface area contributed by atoms with E-state index in [0.29, 0.717) is 5.70 Å². The van der Waals surface area contributed by atoms with Gasteiger partial charge in [0.1, 0.15) is 6.54 Å². The Morgan fingerprint density at radius 1 is 1.35 bits per heavy atom. The van der Waals surface area contributed by atoms with Crippen molar-refractivity contribution in [2.75, 3.05) is 6.54 Å². The van der Waals surface area contributed by atoms with E-state index in [2.05, 4.69) is 0 Å². The molecular formula is C15H17NO3S. The van der Waals surface area contributed by atoms with Gasteiger partial charge in [-0.15, -0.1) is 11.8 Å². The number of carboxylic acid groups (broad SMARTS) is 1. The molecule has 0 unspecified atom stereocenters. The fourth-order valence-corrected chi connectivity index (χ4v) is 3.20. The summed E-state index contributed by atoms with van der Waals surface area (Å²) in [6.45, 7) is 3.63. The molecule has 5 heteroatoms. The molecule has 0 radical (unpaired) electrons. The third kappa shape index (κ3) is 3.04. The van der Waals surface area contributed by atoms with Gasteiger partial charge in [-0.05, 0) is 16.9 Å². The van der Waals surface area contributed by atoms with Crippen molar-refractivity contribution in [3.8, 4) is 0 Å². The predicted molar refractivity (Wildman–Crippen MR) is 80.0 cm³/mol. The summed E-state index contributed by atoms with van der Waals surface area (Å²) in [5.41, 5.74) is 1.52. The average molecular weight is 291 g/mol. The van der Waals surface area contributed by atoms with Gasteiger partial charge in [0, 0.05) is 0 Å². The highest BCUT2D eigenvalue weighted by Crippen LogP contribution is 2.35. The zero-order valence-electron chi connectivity index (χ0n) is 11.4. The Kier molecular flexibility index (Phi) is 4.49. The molecule has 20 heavy (non-hydrogen) atoms. The first-order valence-corrected chi connectivity index (χ1v) is 7.39. The molecule has 1 amide bonds. The van der Waals surface area contributed by atoms with Crippen molar-refractivity contribution in [2.45, 2.75) is 19.1 Å². The summed E-state index contributed by atoms with van der Waals surface area (Å²) < 4.78 is 0. The number of hydrogen-bond acceptors (Lipinski definition) is 3. The first kappa shape index (κ1) is 14.7. The number of nitrogens with zero attached hydrogens (tertiary/aromatic N) is 1. The highest BCUT2D eigenvalue weighted by molar-refractivity contribution is 8.03. The smallest absolute Gasteiger partial charge is 0.323 e. The predicted octanol–water partition coefficient (Wildman–Crippen LogP) is 2.67. The second-order valence-corrected chi connectivity index (χ2v) is 6.00. The van der Waals surface area contributed by atoms with Crippen LogP contribution in [-0.4, -0.2) is 33.7 Å². The standard InChI is InChI=1S/C15H17NO3S/c1-10(2)14-15(19)16(8-13(17)18)12(9-20-14)11-6-4-3-5-7-11/h3-7,9-10,14H,8H2,1-2H3,(H,17,18)/t14-/m0/s1. The molecule has 1 atom stereocenters. The van der Waals surface area contributed by atoms with Crippen molar-refractivity contribution >= 4 is 29.3 Å². The van der Waals surface area contributed by atoms with Crippen LogP contribution in [0.25, 0.3) is 5.70 Å². The van der Waals surface area contributed by atoms with Gasteiger partial charge in [-0.3, -0.25) is 14.5 Å². The van der Waals surface area contributed by atoms with Crippen LogP contribution in [0.1, 0.15) is 19.4 Å². The van der Waals surface area contributed by atoms with E-state index in [0.717, 1.165) is 5.56 Å². The molecule has 0 spiro atoms. The van der Waals surface area contributed by atoms with Crippen molar-refractivity contribution in [3.05, 3.63) is 41.3 Å². The molecule has 106 valence electrons. The number of carbonyl (C=O) groups is 2. The average Bonchev–Trinajstić information content (AvgIpc) is 2.41. The molecule has 1 aliphatic heterocycles. The first-order valence-electron chi connectivity index (χ1n) is 6.45. The van der Waals surface area contributed by atoms with Gasteiger partial charge in [0.05, 0.1) is 10.9 Å². The Morgan fingerprint density at radius 3 is 2.55 bits per heavy atom. The maximum atomic E-state index is 12.5. The minimum atomic E-state index is -1.01. The molecule has 4 nitrogen and oxygen atoms in total. The molecular weight excluding hydrogens is 274 g/mol. The second kappa shape index (κ2) is 6.13. The Morgan fingerprint density at radius 2 is 2.00 bits per heavy atom. The van der Waals surface area contributed by atoms with Gasteiger partial charge in [0.15, 0.2) is 0 Å². The molecule has 0 saturated heterocycles. The quantitative estimate of drug-likeness (QED) is 0.926. The zero-order chi connectivity index (χ0) is 14.7. The van der Waals surface area contributed by atoms with E-state index in [-0.39, 0.29) is 23.6 Å². The van der Waals surface area contributed by atoms with E-state index >= 15 is 0 Å². The first-order chi connectivity index (χ1) is 9.50. The molecule has 0 bridgehead atoms. The van der Waals surface area contributed by atoms with Crippen molar-refractivity contribution in [1.29, 1.82) is 0 Å². The van der Waals surface area contributed by atoms with Gasteiger partial charge in [0.2, 0.25) is 5.91 Å².